The summed E-state index contributed by atoms with van der Waals surface area (Å²) in [5.41, 5.74) is -7.19. The summed E-state index contributed by atoms with van der Waals surface area (Å²) < 4.78 is 46.9. The quantitative estimate of drug-likeness (QED) is 0.101. The van der Waals surface area contributed by atoms with E-state index in [9.17, 15) is 34.0 Å². The number of ether oxygens (including phenoxy) is 8. The number of nitrogens with zero attached hydrogens (tertiary/aromatic N) is 6. The van der Waals surface area contributed by atoms with Gasteiger partial charge >= 0.3 is 36.1 Å². The zero-order chi connectivity index (χ0) is 45.5. The predicted molar refractivity (Wildman–Crippen MR) is 210 cm³/mol. The van der Waals surface area contributed by atoms with E-state index in [-0.39, 0.29) is 30.8 Å². The summed E-state index contributed by atoms with van der Waals surface area (Å²) in [4.78, 5) is 93.7. The largest absolute Gasteiger partial charge is 0.463 e. The lowest BCUT2D eigenvalue weighted by Crippen LogP contribution is -2.57. The van der Waals surface area contributed by atoms with Gasteiger partial charge in [-0.15, -0.1) is 6.42 Å². The number of fused-ring (bicyclic) bond motifs is 1. The third-order valence-corrected chi connectivity index (χ3v) is 8.42. The summed E-state index contributed by atoms with van der Waals surface area (Å²) in [6.07, 6.45) is -0.753. The second kappa shape index (κ2) is 18.7. The van der Waals surface area contributed by atoms with Crippen molar-refractivity contribution in [1.82, 2.24) is 19.5 Å². The van der Waals surface area contributed by atoms with Crippen molar-refractivity contribution >= 4 is 53.0 Å². The minimum absolute atomic E-state index is 0.155. The number of nitriles is 1. The number of carbonyl (C=O) groups is 6. The van der Waals surface area contributed by atoms with Crippen molar-refractivity contribution in [3.05, 3.63) is 48.0 Å². The van der Waals surface area contributed by atoms with Crippen LogP contribution in [-0.4, -0.2) is 110 Å². The Kier molecular flexibility index (Phi) is 14.4. The normalized spacial score (nSPS) is 18.9. The van der Waals surface area contributed by atoms with Crippen molar-refractivity contribution in [2.45, 2.75) is 116 Å². The molecular weight excluding hydrogens is 800 g/mol. The Labute approximate surface area is 351 Å². The molecule has 0 aliphatic carbocycles. The fraction of sp³-hybridized carbons (Fsp3) is 0.512. The van der Waals surface area contributed by atoms with Crippen molar-refractivity contribution in [3.63, 3.8) is 0 Å². The van der Waals surface area contributed by atoms with Crippen molar-refractivity contribution < 1.29 is 66.7 Å². The van der Waals surface area contributed by atoms with Crippen LogP contribution >= 0.6 is 0 Å². The lowest BCUT2D eigenvalue weighted by atomic mass is 9.91. The first-order valence-corrected chi connectivity index (χ1v) is 19.0. The summed E-state index contributed by atoms with van der Waals surface area (Å²) in [7, 11) is 0. The number of carbonyl (C=O) groups excluding carboxylic acids is 6. The van der Waals surface area contributed by atoms with Crippen LogP contribution in [0.5, 0.6) is 0 Å². The summed E-state index contributed by atoms with van der Waals surface area (Å²) in [6.45, 7) is 13.3. The van der Waals surface area contributed by atoms with E-state index in [0.29, 0.717) is 10.5 Å². The third kappa shape index (κ3) is 10.6. The van der Waals surface area contributed by atoms with Crippen LogP contribution in [0.4, 0.5) is 15.4 Å². The molecule has 326 valence electrons. The molecule has 3 aromatic rings. The summed E-state index contributed by atoms with van der Waals surface area (Å²) in [5.74, 6) is -2.88. The van der Waals surface area contributed by atoms with Crippen LogP contribution in [0, 0.1) is 23.7 Å². The van der Waals surface area contributed by atoms with Crippen LogP contribution in [0.2, 0.25) is 0 Å². The number of anilines is 1. The maximum absolute atomic E-state index is 13.8. The highest BCUT2D eigenvalue weighted by molar-refractivity contribution is 6.12. The second-order valence-corrected chi connectivity index (χ2v) is 15.4. The molecular formula is C41H48N6O14. The van der Waals surface area contributed by atoms with Crippen LogP contribution in [0.25, 0.3) is 11.2 Å². The van der Waals surface area contributed by atoms with Gasteiger partial charge < -0.3 is 37.9 Å². The zero-order valence-electron chi connectivity index (χ0n) is 35.5. The van der Waals surface area contributed by atoms with Crippen molar-refractivity contribution in [1.29, 1.82) is 5.26 Å². The molecule has 0 bridgehead atoms. The molecule has 0 unspecified atom stereocenters. The Balaban J connectivity index is 1.96. The van der Waals surface area contributed by atoms with Gasteiger partial charge in [0, 0.05) is 20.3 Å². The molecule has 2 aromatic heterocycles. The van der Waals surface area contributed by atoms with Gasteiger partial charge in [0.25, 0.3) is 5.60 Å². The average Bonchev–Trinajstić information content (AvgIpc) is 3.70. The molecule has 0 N–H and O–H groups in total. The van der Waals surface area contributed by atoms with Gasteiger partial charge in [0.05, 0.1) is 26.1 Å². The number of imidazole rings is 1. The summed E-state index contributed by atoms with van der Waals surface area (Å²) in [5, 5.41) is 10.1. The lowest BCUT2D eigenvalue weighted by molar-refractivity contribution is -0.200. The molecule has 20 nitrogen and oxygen atoms in total. The van der Waals surface area contributed by atoms with E-state index < -0.39 is 95.2 Å². The van der Waals surface area contributed by atoms with Crippen LogP contribution in [0.15, 0.2) is 36.7 Å². The monoisotopic (exact) mass is 848 g/mol. The van der Waals surface area contributed by atoms with Crippen LogP contribution in [0.1, 0.15) is 86.9 Å². The van der Waals surface area contributed by atoms with E-state index in [1.165, 1.54) is 13.8 Å². The lowest BCUT2D eigenvalue weighted by Gasteiger charge is -2.34. The predicted octanol–water partition coefficient (Wildman–Crippen LogP) is 4.26. The minimum atomic E-state index is -2.47. The fourth-order valence-corrected chi connectivity index (χ4v) is 6.15. The van der Waals surface area contributed by atoms with E-state index in [1.54, 1.807) is 77.9 Å². The molecule has 2 amide bonds. The van der Waals surface area contributed by atoms with E-state index in [2.05, 4.69) is 20.9 Å². The Bertz CT molecular complexity index is 2190. The van der Waals surface area contributed by atoms with Crippen LogP contribution in [0.3, 0.4) is 0 Å². The standard InChI is InChI=1S/C41H48N6O14/c1-12-40(59-25(5)49)27(22-56-41(34(50)54-13-2,35(51)55-14-3)20-26-18-16-15-17-19-26)58-33(30(40)57-24(4)48)46-23-43-29-31(46)44-28(21-42)45-32(29)47(36(52)60-38(6,7)8)37(53)61-39(9,10)11/h1,15-19,23,27,30,33H,13-14,20,22H2,2-11H3/t27-,30+,33-,40-/m1/s1. The summed E-state index contributed by atoms with van der Waals surface area (Å²) in [6, 6.07) is 10.1. The molecule has 0 saturated carbocycles. The molecule has 0 radical (unpaired) electrons. The number of imide groups is 1. The van der Waals surface area contributed by atoms with Crippen LogP contribution in [-0.2, 0) is 63.5 Å². The number of aromatic nitrogens is 4. The van der Waals surface area contributed by atoms with Crippen LogP contribution < -0.4 is 4.90 Å². The molecule has 3 heterocycles. The Morgan fingerprint density at radius 3 is 1.95 bits per heavy atom. The number of esters is 4. The van der Waals surface area contributed by atoms with Gasteiger partial charge in [-0.2, -0.15) is 20.1 Å². The highest BCUT2D eigenvalue weighted by Crippen LogP contribution is 2.44. The van der Waals surface area contributed by atoms with Gasteiger partial charge in [0.1, 0.15) is 23.4 Å². The van der Waals surface area contributed by atoms with Crippen molar-refractivity contribution in [2.24, 2.45) is 0 Å². The number of amides is 2. The van der Waals surface area contributed by atoms with E-state index in [0.717, 1.165) is 24.7 Å². The SMILES string of the molecule is C#C[C@@]1(OC(C)=O)[C@@H](COC(Cc2ccccc2)(C(=O)OCC)C(=O)OCC)O[C@@H](n2cnc3c(N(C(=O)OC(C)(C)C)C(=O)OC(C)(C)C)nc(C#N)nc32)[C@@H]1OC(C)=O. The zero-order valence-corrected chi connectivity index (χ0v) is 35.5. The molecule has 1 aromatic carbocycles. The van der Waals surface area contributed by atoms with Crippen molar-refractivity contribution in [2.75, 3.05) is 24.7 Å². The molecule has 1 aliphatic rings. The van der Waals surface area contributed by atoms with Gasteiger partial charge in [0.2, 0.25) is 17.5 Å². The molecule has 20 heteroatoms. The Morgan fingerprint density at radius 2 is 1.48 bits per heavy atom. The second-order valence-electron chi connectivity index (χ2n) is 15.4. The molecule has 4 atom stereocenters. The van der Waals surface area contributed by atoms with Gasteiger partial charge in [-0.25, -0.2) is 24.2 Å². The molecule has 0 spiro atoms. The first-order valence-electron chi connectivity index (χ1n) is 19.0. The highest BCUT2D eigenvalue weighted by atomic mass is 16.7. The molecule has 1 fully saturated rings. The number of terminal acetylenes is 1. The average molecular weight is 849 g/mol. The maximum atomic E-state index is 13.8. The van der Waals surface area contributed by atoms with E-state index >= 15 is 0 Å². The third-order valence-electron chi connectivity index (χ3n) is 8.42. The number of hydrogen-bond donors (Lipinski definition) is 0. The maximum Gasteiger partial charge on any atom is 0.425 e. The number of benzene rings is 1. The van der Waals surface area contributed by atoms with E-state index in [1.807, 2.05) is 0 Å². The topological polar surface area (TPSA) is 247 Å². The molecule has 1 aliphatic heterocycles. The Hall–Kier alpha value is -6.64. The molecule has 1 saturated heterocycles. The first-order chi connectivity index (χ1) is 28.6. The highest BCUT2D eigenvalue weighted by Gasteiger charge is 2.63. The van der Waals surface area contributed by atoms with E-state index in [4.69, 9.17) is 44.3 Å². The van der Waals surface area contributed by atoms with Crippen molar-refractivity contribution in [3.8, 4) is 18.4 Å². The minimum Gasteiger partial charge on any atom is -0.463 e. The van der Waals surface area contributed by atoms with Gasteiger partial charge in [0.15, 0.2) is 23.2 Å². The smallest absolute Gasteiger partial charge is 0.425 e. The molecule has 4 rings (SSSR count). The van der Waals surface area contributed by atoms with Gasteiger partial charge in [-0.05, 0) is 61.0 Å². The van der Waals surface area contributed by atoms with Gasteiger partial charge in [-0.3, -0.25) is 14.2 Å². The molecule has 61 heavy (non-hydrogen) atoms. The van der Waals surface area contributed by atoms with Gasteiger partial charge in [-0.1, -0.05) is 36.3 Å². The fourth-order valence-electron chi connectivity index (χ4n) is 6.15. The number of rotatable bonds is 13. The Morgan fingerprint density at radius 1 is 0.902 bits per heavy atom. The summed E-state index contributed by atoms with van der Waals surface area (Å²) >= 11 is 0. The first kappa shape index (κ1) is 47.0. The number of hydrogen-bond acceptors (Lipinski definition) is 18.